The molecule has 2 aromatic rings. The summed E-state index contributed by atoms with van der Waals surface area (Å²) in [7, 11) is 0. The first-order chi connectivity index (χ1) is 15.4. The Morgan fingerprint density at radius 2 is 1.91 bits per heavy atom. The molecule has 172 valence electrons. The van der Waals surface area contributed by atoms with Crippen molar-refractivity contribution in [1.29, 1.82) is 0 Å². The second kappa shape index (κ2) is 9.40. The lowest BCUT2D eigenvalue weighted by atomic mass is 9.70. The zero-order valence-corrected chi connectivity index (χ0v) is 18.8. The van der Waals surface area contributed by atoms with Crippen molar-refractivity contribution in [2.45, 2.75) is 69.9 Å². The molecule has 7 nitrogen and oxygen atoms in total. The number of benzene rings is 1. The molecule has 2 aliphatic carbocycles. The zero-order chi connectivity index (χ0) is 22.7. The predicted molar refractivity (Wildman–Crippen MR) is 123 cm³/mol. The van der Waals surface area contributed by atoms with E-state index in [1.165, 1.54) is 6.33 Å². The number of oxime groups is 1. The number of halogens is 1. The molecule has 0 saturated heterocycles. The Morgan fingerprint density at radius 1 is 1.12 bits per heavy atom. The molecule has 1 fully saturated rings. The van der Waals surface area contributed by atoms with Gasteiger partial charge >= 0.3 is 0 Å². The molecule has 4 rings (SSSR count). The second-order valence-corrected chi connectivity index (χ2v) is 9.14. The highest BCUT2D eigenvalue weighted by Gasteiger charge is 2.41. The SMILES string of the molecule is CC1(C)/C(=N/OCCCCF)c2cc(OC3CCC(N)CC3)ccc2-c2ncnc(N)c21. The van der Waals surface area contributed by atoms with E-state index >= 15 is 0 Å². The molecule has 0 spiro atoms. The molecule has 1 saturated carbocycles. The van der Waals surface area contributed by atoms with Crippen molar-refractivity contribution in [3.63, 3.8) is 0 Å². The predicted octanol–water partition coefficient (Wildman–Crippen LogP) is 4.14. The molecule has 1 heterocycles. The number of alkyl halides is 1. The van der Waals surface area contributed by atoms with Crippen LogP contribution in [0, 0.1) is 0 Å². The summed E-state index contributed by atoms with van der Waals surface area (Å²) in [5.74, 6) is 1.21. The number of aromatic nitrogens is 2. The Labute approximate surface area is 188 Å². The molecule has 0 radical (unpaired) electrons. The van der Waals surface area contributed by atoms with Gasteiger partial charge in [-0.05, 0) is 70.6 Å². The van der Waals surface area contributed by atoms with Gasteiger partial charge in [-0.3, -0.25) is 4.39 Å². The summed E-state index contributed by atoms with van der Waals surface area (Å²) in [6.07, 6.45) is 6.57. The van der Waals surface area contributed by atoms with Crippen LogP contribution in [0.2, 0.25) is 0 Å². The maximum absolute atomic E-state index is 12.4. The maximum atomic E-state index is 12.4. The molecule has 0 unspecified atom stereocenters. The first-order valence-electron chi connectivity index (χ1n) is 11.4. The average Bonchev–Trinajstić information content (AvgIpc) is 2.77. The highest BCUT2D eigenvalue weighted by molar-refractivity contribution is 6.15. The summed E-state index contributed by atoms with van der Waals surface area (Å²) >= 11 is 0. The molecule has 0 bridgehead atoms. The lowest BCUT2D eigenvalue weighted by Crippen LogP contribution is -2.36. The van der Waals surface area contributed by atoms with Crippen molar-refractivity contribution in [3.05, 3.63) is 35.7 Å². The molecule has 0 atom stereocenters. The van der Waals surface area contributed by atoms with Crippen molar-refractivity contribution in [2.24, 2.45) is 10.9 Å². The van der Waals surface area contributed by atoms with Crippen molar-refractivity contribution >= 4 is 11.5 Å². The fourth-order valence-corrected chi connectivity index (χ4v) is 4.61. The van der Waals surface area contributed by atoms with Gasteiger partial charge in [-0.1, -0.05) is 5.16 Å². The van der Waals surface area contributed by atoms with Crippen molar-refractivity contribution in [2.75, 3.05) is 19.0 Å². The molecule has 1 aromatic heterocycles. The van der Waals surface area contributed by atoms with Crippen LogP contribution in [0.25, 0.3) is 11.3 Å². The summed E-state index contributed by atoms with van der Waals surface area (Å²) in [5.41, 5.74) is 15.9. The van der Waals surface area contributed by atoms with Crippen LogP contribution < -0.4 is 16.2 Å². The van der Waals surface area contributed by atoms with Crippen LogP contribution >= 0.6 is 0 Å². The van der Waals surface area contributed by atoms with E-state index in [1.54, 1.807) is 0 Å². The number of unbranched alkanes of at least 4 members (excludes halogenated alkanes) is 1. The Morgan fingerprint density at radius 3 is 2.66 bits per heavy atom. The van der Waals surface area contributed by atoms with E-state index in [1.807, 2.05) is 32.0 Å². The minimum absolute atomic E-state index is 0.159. The standard InChI is InChI=1S/C24H32FN5O2/c1-24(2)20-21(28-14-29-23(20)27)18-10-9-17(32-16-7-5-15(26)6-8-16)13-19(18)22(24)30-31-12-4-3-11-25/h9-10,13-16H,3-8,11-12,26H2,1-2H3,(H2,27,28,29)/b30-22+. The minimum Gasteiger partial charge on any atom is -0.490 e. The van der Waals surface area contributed by atoms with Gasteiger partial charge in [-0.25, -0.2) is 9.97 Å². The van der Waals surface area contributed by atoms with Crippen LogP contribution in [-0.2, 0) is 10.3 Å². The Hall–Kier alpha value is -2.74. The van der Waals surface area contributed by atoms with E-state index in [2.05, 4.69) is 15.1 Å². The minimum atomic E-state index is -0.579. The lowest BCUT2D eigenvalue weighted by molar-refractivity contribution is 0.136. The van der Waals surface area contributed by atoms with E-state index in [4.69, 9.17) is 21.0 Å². The van der Waals surface area contributed by atoms with Crippen molar-refractivity contribution < 1.29 is 14.0 Å². The fourth-order valence-electron chi connectivity index (χ4n) is 4.61. The molecule has 0 aliphatic heterocycles. The number of hydrogen-bond acceptors (Lipinski definition) is 7. The van der Waals surface area contributed by atoms with Crippen LogP contribution in [0.1, 0.15) is 63.5 Å². The summed E-state index contributed by atoms with van der Waals surface area (Å²) < 4.78 is 18.7. The summed E-state index contributed by atoms with van der Waals surface area (Å²) in [5, 5.41) is 4.50. The summed E-state index contributed by atoms with van der Waals surface area (Å²) in [6.45, 7) is 4.07. The third-order valence-corrected chi connectivity index (χ3v) is 6.39. The Bertz CT molecular complexity index is 986. The monoisotopic (exact) mass is 441 g/mol. The largest absolute Gasteiger partial charge is 0.490 e. The van der Waals surface area contributed by atoms with Gasteiger partial charge in [0.1, 0.15) is 24.5 Å². The normalized spacial score (nSPS) is 22.8. The number of fused-ring (bicyclic) bond motifs is 3. The Kier molecular flexibility index (Phi) is 6.60. The van der Waals surface area contributed by atoms with Crippen LogP contribution in [-0.4, -0.2) is 41.1 Å². The quantitative estimate of drug-likeness (QED) is 0.494. The molecule has 0 amide bonds. The molecular weight excluding hydrogens is 409 g/mol. The van der Waals surface area contributed by atoms with Gasteiger partial charge in [0, 0.05) is 28.1 Å². The number of rotatable bonds is 7. The number of nitrogens with zero attached hydrogens (tertiary/aromatic N) is 3. The fraction of sp³-hybridized carbons (Fsp3) is 0.542. The highest BCUT2D eigenvalue weighted by atomic mass is 19.1. The molecule has 8 heteroatoms. The number of ether oxygens (including phenoxy) is 1. The van der Waals surface area contributed by atoms with Crippen molar-refractivity contribution in [1.82, 2.24) is 9.97 Å². The number of nitrogens with two attached hydrogens (primary N) is 2. The van der Waals surface area contributed by atoms with Crippen LogP contribution in [0.3, 0.4) is 0 Å². The smallest absolute Gasteiger partial charge is 0.131 e. The number of anilines is 1. The lowest BCUT2D eigenvalue weighted by Gasteiger charge is -2.35. The van der Waals surface area contributed by atoms with Crippen molar-refractivity contribution in [3.8, 4) is 17.0 Å². The van der Waals surface area contributed by atoms with Gasteiger partial charge in [0.25, 0.3) is 0 Å². The molecular formula is C24H32FN5O2. The molecule has 2 aliphatic rings. The second-order valence-electron chi connectivity index (χ2n) is 9.14. The van der Waals surface area contributed by atoms with Gasteiger partial charge in [0.05, 0.1) is 24.2 Å². The number of nitrogen functional groups attached to an aromatic ring is 1. The zero-order valence-electron chi connectivity index (χ0n) is 18.8. The van der Waals surface area contributed by atoms with E-state index in [-0.39, 0.29) is 18.8 Å². The third-order valence-electron chi connectivity index (χ3n) is 6.39. The van der Waals surface area contributed by atoms with E-state index in [0.29, 0.717) is 25.3 Å². The van der Waals surface area contributed by atoms with Gasteiger partial charge in [0.15, 0.2) is 0 Å². The van der Waals surface area contributed by atoms with E-state index in [9.17, 15) is 4.39 Å². The third kappa shape index (κ3) is 4.41. The number of hydrogen-bond donors (Lipinski definition) is 2. The van der Waals surface area contributed by atoms with Crippen LogP contribution in [0.15, 0.2) is 29.7 Å². The molecule has 4 N–H and O–H groups in total. The highest BCUT2D eigenvalue weighted by Crippen LogP contribution is 2.45. The van der Waals surface area contributed by atoms with E-state index in [0.717, 1.165) is 59.5 Å². The Balaban J connectivity index is 1.71. The van der Waals surface area contributed by atoms with Gasteiger partial charge in [0.2, 0.25) is 0 Å². The molecule has 1 aromatic carbocycles. The summed E-state index contributed by atoms with van der Waals surface area (Å²) in [6, 6.07) is 6.25. The topological polar surface area (TPSA) is 109 Å². The first kappa shape index (κ1) is 22.5. The van der Waals surface area contributed by atoms with Gasteiger partial charge in [-0.2, -0.15) is 0 Å². The van der Waals surface area contributed by atoms with Gasteiger partial charge < -0.3 is 21.0 Å². The van der Waals surface area contributed by atoms with Gasteiger partial charge in [-0.15, -0.1) is 0 Å². The first-order valence-corrected chi connectivity index (χ1v) is 11.4. The summed E-state index contributed by atoms with van der Waals surface area (Å²) in [4.78, 5) is 14.4. The maximum Gasteiger partial charge on any atom is 0.131 e. The molecule has 32 heavy (non-hydrogen) atoms. The van der Waals surface area contributed by atoms with Crippen LogP contribution in [0.4, 0.5) is 10.2 Å². The van der Waals surface area contributed by atoms with E-state index < -0.39 is 5.41 Å². The van der Waals surface area contributed by atoms with Crippen LogP contribution in [0.5, 0.6) is 5.75 Å². The average molecular weight is 442 g/mol.